The maximum atomic E-state index is 17.3. The van der Waals surface area contributed by atoms with Crippen molar-refractivity contribution in [1.29, 1.82) is 0 Å². The number of hydrogen-bond donors (Lipinski definition) is 2. The molecule has 0 bridgehead atoms. The van der Waals surface area contributed by atoms with Crippen LogP contribution in [-0.4, -0.2) is 113 Å². The van der Waals surface area contributed by atoms with Gasteiger partial charge in [0.15, 0.2) is 0 Å². The molecule has 4 atom stereocenters. The van der Waals surface area contributed by atoms with Crippen molar-refractivity contribution in [2.75, 3.05) is 46.9 Å². The highest BCUT2D eigenvalue weighted by Crippen LogP contribution is 2.42. The molecule has 67 heavy (non-hydrogen) atoms. The van der Waals surface area contributed by atoms with Crippen LogP contribution in [0.15, 0.2) is 61.3 Å². The number of nitrogens with one attached hydrogen (secondary N) is 2. The normalized spacial score (nSPS) is 16.7. The summed E-state index contributed by atoms with van der Waals surface area (Å²) in [7, 11) is 3.15. The van der Waals surface area contributed by atoms with Crippen LogP contribution in [0.2, 0.25) is 0 Å². The molecule has 0 saturated carbocycles. The molecule has 2 aliphatic heterocycles. The number of fused-ring (bicyclic) bond motifs is 1. The van der Waals surface area contributed by atoms with E-state index in [1.54, 1.807) is 38.1 Å². The monoisotopic (exact) mass is 925 g/mol. The number of likely N-dealkylation sites (N-methyl/N-ethyl adjacent to an activating group) is 1. The van der Waals surface area contributed by atoms with Gasteiger partial charge < -0.3 is 29.2 Å². The summed E-state index contributed by atoms with van der Waals surface area (Å²) in [5, 5.41) is 5.04. The van der Waals surface area contributed by atoms with Crippen molar-refractivity contribution in [1.82, 2.24) is 35.1 Å². The van der Waals surface area contributed by atoms with Gasteiger partial charge in [-0.1, -0.05) is 40.3 Å². The van der Waals surface area contributed by atoms with Gasteiger partial charge in [0.25, 0.3) is 12.4 Å². The van der Waals surface area contributed by atoms with Gasteiger partial charge in [-0.15, -0.1) is 0 Å². The third kappa shape index (κ3) is 11.1. The molecule has 0 aliphatic carbocycles. The molecule has 0 radical (unpaired) electrons. The Morgan fingerprint density at radius 3 is 2.49 bits per heavy atom. The van der Waals surface area contributed by atoms with E-state index in [4.69, 9.17) is 14.5 Å². The van der Waals surface area contributed by atoms with Crippen LogP contribution in [0.1, 0.15) is 83.7 Å². The molecule has 0 spiro atoms. The second-order valence-corrected chi connectivity index (χ2v) is 18.8. The third-order valence-corrected chi connectivity index (χ3v) is 13.0. The number of hydrogen-bond acceptors (Lipinski definition) is 9. The Labute approximate surface area is 392 Å². The summed E-state index contributed by atoms with van der Waals surface area (Å²) < 4.78 is 46.4. The zero-order valence-electron chi connectivity index (χ0n) is 40.0. The lowest BCUT2D eigenvalue weighted by Crippen LogP contribution is -2.59. The lowest BCUT2D eigenvalue weighted by Gasteiger charge is -2.35. The molecule has 2 fully saturated rings. The van der Waals surface area contributed by atoms with Gasteiger partial charge >= 0.3 is 0 Å². The Balaban J connectivity index is 1.41. The Bertz CT molecular complexity index is 2480. The summed E-state index contributed by atoms with van der Waals surface area (Å²) in [4.78, 5) is 73.7. The van der Waals surface area contributed by atoms with Crippen molar-refractivity contribution in [2.45, 2.75) is 98.4 Å². The van der Waals surface area contributed by atoms with E-state index >= 15 is 8.78 Å². The Kier molecular flexibility index (Phi) is 16.4. The number of aromatic nitrogens is 2. The summed E-state index contributed by atoms with van der Waals surface area (Å²) >= 11 is 0. The SMILES string of the molecule is C=CC(=O)N1CCC(C(=O)N(C)C(C(=O)NC(Cc2cc(F)cc(-c3ccc4c(c3)c(CC(C)(C)COC=O)c(-c3cccnc3C(C)OC)n4CC)c2F)C(=O)N2CCCCN2)C(C)C)C1. The summed E-state index contributed by atoms with van der Waals surface area (Å²) in [6.45, 7) is 17.6. The van der Waals surface area contributed by atoms with Gasteiger partial charge in [0.2, 0.25) is 17.7 Å². The molecule has 4 heterocycles. The highest BCUT2D eigenvalue weighted by Gasteiger charge is 2.39. The van der Waals surface area contributed by atoms with Crippen molar-refractivity contribution >= 4 is 41.0 Å². The quantitative estimate of drug-likeness (QED) is 0.0765. The number of hydrazine groups is 1. The minimum atomic E-state index is -1.34. The van der Waals surface area contributed by atoms with E-state index in [1.165, 1.54) is 23.0 Å². The molecule has 4 amide bonds. The molecule has 2 saturated heterocycles. The number of rotatable bonds is 19. The van der Waals surface area contributed by atoms with Crippen molar-refractivity contribution in [3.8, 4) is 22.4 Å². The van der Waals surface area contributed by atoms with Gasteiger partial charge in [-0.2, -0.15) is 0 Å². The van der Waals surface area contributed by atoms with Gasteiger partial charge in [-0.25, -0.2) is 14.2 Å². The van der Waals surface area contributed by atoms with Crippen molar-refractivity contribution in [2.24, 2.45) is 17.3 Å². The molecule has 2 aromatic carbocycles. The van der Waals surface area contributed by atoms with Gasteiger partial charge in [0, 0.05) is 86.9 Å². The number of amides is 4. The molecule has 6 rings (SSSR count). The topological polar surface area (TPSA) is 155 Å². The van der Waals surface area contributed by atoms with Crippen LogP contribution in [-0.2, 0) is 52.8 Å². The number of likely N-dealkylation sites (tertiary alicyclic amines) is 1. The van der Waals surface area contributed by atoms with E-state index in [-0.39, 0.29) is 48.6 Å². The Morgan fingerprint density at radius 2 is 1.84 bits per heavy atom. The maximum Gasteiger partial charge on any atom is 0.293 e. The number of nitrogens with zero attached hydrogens (tertiary/aromatic N) is 5. The highest BCUT2D eigenvalue weighted by atomic mass is 19.1. The zero-order valence-corrected chi connectivity index (χ0v) is 40.0. The van der Waals surface area contributed by atoms with Crippen molar-refractivity contribution in [3.63, 3.8) is 0 Å². The molecule has 2 aliphatic rings. The molecule has 2 aromatic heterocycles. The Hall–Kier alpha value is -6.00. The van der Waals surface area contributed by atoms with Crippen LogP contribution in [0.4, 0.5) is 8.78 Å². The number of carbonyl (C=O) groups excluding carboxylic acids is 5. The van der Waals surface area contributed by atoms with Crippen molar-refractivity contribution in [3.05, 3.63) is 89.8 Å². The number of pyridine rings is 1. The first kappa shape index (κ1) is 50.4. The van der Waals surface area contributed by atoms with Crippen LogP contribution in [0.5, 0.6) is 0 Å². The van der Waals surface area contributed by atoms with E-state index in [9.17, 15) is 24.0 Å². The molecule has 4 aromatic rings. The number of ether oxygens (including phenoxy) is 2. The van der Waals surface area contributed by atoms with Gasteiger partial charge in [0.1, 0.15) is 23.7 Å². The Morgan fingerprint density at radius 1 is 1.07 bits per heavy atom. The first-order valence-corrected chi connectivity index (χ1v) is 23.1. The predicted octanol–water partition coefficient (Wildman–Crippen LogP) is 6.79. The fourth-order valence-corrected chi connectivity index (χ4v) is 9.64. The lowest BCUT2D eigenvalue weighted by atomic mass is 9.84. The molecule has 360 valence electrons. The summed E-state index contributed by atoms with van der Waals surface area (Å²) in [5.74, 6) is -4.17. The minimum Gasteiger partial charge on any atom is -0.467 e. The molecular weight excluding hydrogens is 861 g/mol. The fourth-order valence-electron chi connectivity index (χ4n) is 9.64. The second-order valence-electron chi connectivity index (χ2n) is 18.8. The first-order chi connectivity index (χ1) is 31.9. The molecule has 16 heteroatoms. The number of benzene rings is 2. The number of carbonyl (C=O) groups is 5. The molecule has 14 nitrogen and oxygen atoms in total. The van der Waals surface area contributed by atoms with Gasteiger partial charge in [-0.05, 0) is 105 Å². The molecule has 2 N–H and O–H groups in total. The summed E-state index contributed by atoms with van der Waals surface area (Å²) in [6, 6.07) is 9.13. The summed E-state index contributed by atoms with van der Waals surface area (Å²) in [6.07, 6.45) is 4.58. The average molecular weight is 926 g/mol. The van der Waals surface area contributed by atoms with E-state index in [2.05, 4.69) is 21.9 Å². The molecular formula is C51H65F2N7O7. The first-order valence-electron chi connectivity index (χ1n) is 23.1. The number of methoxy groups -OCH3 is 1. The van der Waals surface area contributed by atoms with E-state index in [0.29, 0.717) is 57.5 Å². The predicted molar refractivity (Wildman–Crippen MR) is 252 cm³/mol. The summed E-state index contributed by atoms with van der Waals surface area (Å²) in [5.41, 5.74) is 6.96. The van der Waals surface area contributed by atoms with Crippen molar-refractivity contribution < 1.29 is 42.2 Å². The maximum absolute atomic E-state index is 17.3. The van der Waals surface area contributed by atoms with Crippen LogP contribution < -0.4 is 10.7 Å². The minimum absolute atomic E-state index is 0.0353. The lowest BCUT2D eigenvalue weighted by molar-refractivity contribution is -0.145. The van der Waals surface area contributed by atoms with Gasteiger partial charge in [-0.3, -0.25) is 34.0 Å². The smallest absolute Gasteiger partial charge is 0.293 e. The molecule has 4 unspecified atom stereocenters. The van der Waals surface area contributed by atoms with Crippen LogP contribution >= 0.6 is 0 Å². The average Bonchev–Trinajstić information content (AvgIpc) is 3.93. The fraction of sp³-hybridized carbons (Fsp3) is 0.490. The van der Waals surface area contributed by atoms with Gasteiger partial charge in [0.05, 0.1) is 30.0 Å². The third-order valence-electron chi connectivity index (χ3n) is 13.0. The second kappa shape index (κ2) is 21.7. The number of aryl methyl sites for hydroxylation is 1. The van der Waals surface area contributed by atoms with E-state index < -0.39 is 52.8 Å². The van der Waals surface area contributed by atoms with Crippen LogP contribution in [0, 0.1) is 28.9 Å². The number of halogens is 2. The standard InChI is InChI=1S/C51H65F2N7O7/c1-10-43(62)58-22-18-34(28-58)49(64)57(8)46(31(3)4)48(63)56-41(50(65)60-21-13-12-20-55-60)25-35-23-36(52)26-38(44(35)53)33-16-17-42-39(24-33)40(27-51(6,7)29-67-30-61)47(59(42)11-2)37-15-14-19-54-45(37)32(5)66-9/h10,14-17,19,23-24,26,30-32,34,41,46,55H,1,11-13,18,20-22,25,27-29H2,2-9H3,(H,56,63). The van der Waals surface area contributed by atoms with Crippen LogP contribution in [0.25, 0.3) is 33.3 Å². The van der Waals surface area contributed by atoms with E-state index in [0.717, 1.165) is 52.0 Å². The highest BCUT2D eigenvalue weighted by molar-refractivity contribution is 5.96. The van der Waals surface area contributed by atoms with Crippen LogP contribution in [0.3, 0.4) is 0 Å². The largest absolute Gasteiger partial charge is 0.467 e. The zero-order chi connectivity index (χ0) is 48.7. The van der Waals surface area contributed by atoms with E-state index in [1.807, 2.05) is 52.0 Å².